The van der Waals surface area contributed by atoms with E-state index in [-0.39, 0.29) is 23.8 Å². The smallest absolute Gasteiger partial charge is 0.408 e. The minimum atomic E-state index is -0.803. The molecule has 39 heavy (non-hydrogen) atoms. The van der Waals surface area contributed by atoms with Gasteiger partial charge in [-0.15, -0.1) is 0 Å². The zero-order valence-corrected chi connectivity index (χ0v) is 25.7. The Hall–Kier alpha value is -2.57. The second-order valence-electron chi connectivity index (χ2n) is 12.4. The summed E-state index contributed by atoms with van der Waals surface area (Å²) in [6.07, 6.45) is 8.12. The van der Waals surface area contributed by atoms with Crippen LogP contribution in [0.5, 0.6) is 0 Å². The summed E-state index contributed by atoms with van der Waals surface area (Å²) < 4.78 is 5.52. The van der Waals surface area contributed by atoms with E-state index in [9.17, 15) is 14.4 Å². The van der Waals surface area contributed by atoms with E-state index >= 15 is 0 Å². The van der Waals surface area contributed by atoms with Gasteiger partial charge in [-0.25, -0.2) is 4.79 Å². The molecule has 7 heteroatoms. The number of hydrogen-bond acceptors (Lipinski definition) is 4. The molecule has 7 nitrogen and oxygen atoms in total. The molecule has 3 unspecified atom stereocenters. The van der Waals surface area contributed by atoms with Gasteiger partial charge in [0.25, 0.3) is 0 Å². The lowest BCUT2D eigenvalue weighted by Gasteiger charge is -2.37. The molecule has 0 bridgehead atoms. The van der Waals surface area contributed by atoms with E-state index < -0.39 is 23.8 Å². The van der Waals surface area contributed by atoms with Crippen LogP contribution in [0.15, 0.2) is 18.2 Å². The molecule has 1 aliphatic rings. The SMILES string of the molecule is CCCCCN(C(=O)C(NC(=O)OC(C)(C)C)C(C)CC)C(C(=O)NC1CCCCC1)c1cc(C)cc(C)c1. The average molecular weight is 544 g/mol. The molecule has 0 spiro atoms. The molecule has 1 saturated carbocycles. The molecule has 0 heterocycles. The van der Waals surface area contributed by atoms with Crippen LogP contribution in [0.1, 0.15) is 122 Å². The monoisotopic (exact) mass is 543 g/mol. The lowest BCUT2D eigenvalue weighted by molar-refractivity contribution is -0.144. The van der Waals surface area contributed by atoms with Crippen LogP contribution in [0.2, 0.25) is 0 Å². The molecule has 1 aromatic carbocycles. The van der Waals surface area contributed by atoms with E-state index in [0.29, 0.717) is 13.0 Å². The van der Waals surface area contributed by atoms with E-state index in [1.165, 1.54) is 6.42 Å². The number of alkyl carbamates (subject to hydrolysis) is 1. The summed E-state index contributed by atoms with van der Waals surface area (Å²) in [5, 5.41) is 6.15. The number of aryl methyl sites for hydroxylation is 2. The third-order valence-electron chi connectivity index (χ3n) is 7.51. The Morgan fingerprint density at radius 3 is 2.15 bits per heavy atom. The highest BCUT2D eigenvalue weighted by atomic mass is 16.6. The van der Waals surface area contributed by atoms with Crippen molar-refractivity contribution in [2.75, 3.05) is 6.54 Å². The maximum atomic E-state index is 14.4. The summed E-state index contributed by atoms with van der Waals surface area (Å²) in [6.45, 7) is 15.9. The zero-order valence-electron chi connectivity index (χ0n) is 25.7. The lowest BCUT2D eigenvalue weighted by atomic mass is 9.93. The standard InChI is InChI=1S/C32H53N3O4/c1-9-11-15-18-35(30(37)27(24(5)10-2)34-31(38)39-32(6,7)8)28(25-20-22(3)19-23(4)21-25)29(36)33-26-16-13-12-14-17-26/h19-21,24,26-28H,9-18H2,1-8H3,(H,33,36)(H,34,38). The van der Waals surface area contributed by atoms with Crippen molar-refractivity contribution in [2.24, 2.45) is 5.92 Å². The number of hydrogen-bond donors (Lipinski definition) is 2. The predicted molar refractivity (Wildman–Crippen MR) is 158 cm³/mol. The highest BCUT2D eigenvalue weighted by Crippen LogP contribution is 2.28. The van der Waals surface area contributed by atoms with Crippen molar-refractivity contribution in [3.05, 3.63) is 34.9 Å². The molecule has 1 aromatic rings. The molecule has 2 rings (SSSR count). The van der Waals surface area contributed by atoms with Crippen LogP contribution in [-0.4, -0.2) is 47.0 Å². The van der Waals surface area contributed by atoms with Crippen LogP contribution in [0, 0.1) is 19.8 Å². The van der Waals surface area contributed by atoms with Gasteiger partial charge < -0.3 is 20.3 Å². The lowest BCUT2D eigenvalue weighted by Crippen LogP contribution is -2.56. The fraction of sp³-hybridized carbons (Fsp3) is 0.719. The first-order valence-electron chi connectivity index (χ1n) is 15.0. The van der Waals surface area contributed by atoms with Crippen LogP contribution < -0.4 is 10.6 Å². The fourth-order valence-corrected chi connectivity index (χ4v) is 5.36. The first kappa shape index (κ1) is 32.6. The summed E-state index contributed by atoms with van der Waals surface area (Å²) in [7, 11) is 0. The largest absolute Gasteiger partial charge is 0.444 e. The number of nitrogens with one attached hydrogen (secondary N) is 2. The molecule has 0 radical (unpaired) electrons. The van der Waals surface area contributed by atoms with Gasteiger partial charge in [-0.3, -0.25) is 9.59 Å². The second-order valence-corrected chi connectivity index (χ2v) is 12.4. The van der Waals surface area contributed by atoms with Gasteiger partial charge in [-0.1, -0.05) is 88.6 Å². The van der Waals surface area contributed by atoms with E-state index in [4.69, 9.17) is 4.74 Å². The van der Waals surface area contributed by atoms with Gasteiger partial charge >= 0.3 is 6.09 Å². The first-order chi connectivity index (χ1) is 18.4. The number of carbonyl (C=O) groups excluding carboxylic acids is 3. The van der Waals surface area contributed by atoms with Crippen LogP contribution in [0.4, 0.5) is 4.79 Å². The molecule has 0 saturated heterocycles. The van der Waals surface area contributed by atoms with Crippen LogP contribution >= 0.6 is 0 Å². The number of ether oxygens (including phenoxy) is 1. The van der Waals surface area contributed by atoms with Crippen molar-refractivity contribution >= 4 is 17.9 Å². The zero-order chi connectivity index (χ0) is 29.2. The molecule has 1 fully saturated rings. The quantitative estimate of drug-likeness (QED) is 0.285. The van der Waals surface area contributed by atoms with Gasteiger partial charge in [0.1, 0.15) is 17.7 Å². The molecular formula is C32H53N3O4. The second kappa shape index (κ2) is 15.3. The summed E-state index contributed by atoms with van der Waals surface area (Å²) in [5.74, 6) is -0.522. The van der Waals surface area contributed by atoms with Crippen LogP contribution in [0.25, 0.3) is 0 Å². The van der Waals surface area contributed by atoms with E-state index in [2.05, 4.69) is 23.6 Å². The molecular weight excluding hydrogens is 490 g/mol. The Balaban J connectivity index is 2.53. The number of benzene rings is 1. The topological polar surface area (TPSA) is 87.7 Å². The summed E-state index contributed by atoms with van der Waals surface area (Å²) in [4.78, 5) is 43.0. The molecule has 3 atom stereocenters. The Bertz CT molecular complexity index is 929. The highest BCUT2D eigenvalue weighted by molar-refractivity contribution is 5.92. The van der Waals surface area contributed by atoms with Crippen molar-refractivity contribution in [2.45, 2.75) is 137 Å². The number of carbonyl (C=O) groups is 3. The Labute approximate surface area is 236 Å². The minimum absolute atomic E-state index is 0.123. The third kappa shape index (κ3) is 10.5. The van der Waals surface area contributed by atoms with Crippen molar-refractivity contribution in [1.29, 1.82) is 0 Å². The van der Waals surface area contributed by atoms with Crippen LogP contribution in [0.3, 0.4) is 0 Å². The van der Waals surface area contributed by atoms with Crippen molar-refractivity contribution in [1.82, 2.24) is 15.5 Å². The summed E-state index contributed by atoms with van der Waals surface area (Å²) >= 11 is 0. The van der Waals surface area contributed by atoms with Gasteiger partial charge in [0.15, 0.2) is 0 Å². The van der Waals surface area contributed by atoms with Crippen LogP contribution in [-0.2, 0) is 14.3 Å². The van der Waals surface area contributed by atoms with E-state index in [0.717, 1.165) is 61.6 Å². The van der Waals surface area contributed by atoms with Gasteiger partial charge in [-0.2, -0.15) is 0 Å². The number of rotatable bonds is 12. The minimum Gasteiger partial charge on any atom is -0.444 e. The molecule has 220 valence electrons. The number of unbranched alkanes of at least 4 members (excludes halogenated alkanes) is 2. The normalized spacial score (nSPS) is 16.6. The summed E-state index contributed by atoms with van der Waals surface area (Å²) in [6, 6.07) is 4.64. The summed E-state index contributed by atoms with van der Waals surface area (Å²) in [5.41, 5.74) is 2.22. The van der Waals surface area contributed by atoms with Crippen molar-refractivity contribution in [3.63, 3.8) is 0 Å². The van der Waals surface area contributed by atoms with Crippen molar-refractivity contribution < 1.29 is 19.1 Å². The molecule has 3 amide bonds. The van der Waals surface area contributed by atoms with Gasteiger partial charge in [-0.05, 0) is 65.4 Å². The predicted octanol–water partition coefficient (Wildman–Crippen LogP) is 6.75. The number of nitrogens with zero attached hydrogens (tertiary/aromatic N) is 1. The van der Waals surface area contributed by atoms with Gasteiger partial charge in [0.2, 0.25) is 11.8 Å². The van der Waals surface area contributed by atoms with E-state index in [1.54, 1.807) is 25.7 Å². The maximum Gasteiger partial charge on any atom is 0.408 e. The maximum absolute atomic E-state index is 14.4. The van der Waals surface area contributed by atoms with Crippen molar-refractivity contribution in [3.8, 4) is 0 Å². The first-order valence-corrected chi connectivity index (χ1v) is 15.0. The van der Waals surface area contributed by atoms with E-state index in [1.807, 2.05) is 39.8 Å². The molecule has 2 N–H and O–H groups in total. The average Bonchev–Trinajstić information content (AvgIpc) is 2.85. The van der Waals surface area contributed by atoms with Gasteiger partial charge in [0.05, 0.1) is 0 Å². The fourth-order valence-electron chi connectivity index (χ4n) is 5.36. The Morgan fingerprint density at radius 1 is 1.00 bits per heavy atom. The Kier molecular flexibility index (Phi) is 12.8. The Morgan fingerprint density at radius 2 is 1.62 bits per heavy atom. The molecule has 0 aromatic heterocycles. The number of amides is 3. The third-order valence-corrected chi connectivity index (χ3v) is 7.51. The molecule has 0 aliphatic heterocycles. The highest BCUT2D eigenvalue weighted by Gasteiger charge is 2.38. The van der Waals surface area contributed by atoms with Gasteiger partial charge in [0, 0.05) is 12.6 Å². The molecule has 1 aliphatic carbocycles.